The summed E-state index contributed by atoms with van der Waals surface area (Å²) in [7, 11) is 0. The van der Waals surface area contributed by atoms with E-state index in [0.717, 1.165) is 0 Å². The standard InChI is InChI=1S/C10H11ClO3S/c1-5(6(2)10(13)14)8(12)9-7(11)3-4-15-9/h3-6H,1-2H3,(H,13,14). The van der Waals surface area contributed by atoms with Crippen molar-refractivity contribution in [2.45, 2.75) is 13.8 Å². The molecule has 2 atom stereocenters. The maximum atomic E-state index is 11.8. The van der Waals surface area contributed by atoms with Gasteiger partial charge in [0.15, 0.2) is 5.78 Å². The molecular weight excluding hydrogens is 236 g/mol. The number of Topliss-reactive ketones (excluding diaryl/α,β-unsaturated/α-hetero) is 1. The molecule has 0 aromatic carbocycles. The second kappa shape index (κ2) is 4.77. The first-order chi connectivity index (χ1) is 6.95. The second-order valence-electron chi connectivity index (χ2n) is 3.38. The molecule has 82 valence electrons. The molecule has 2 unspecified atom stereocenters. The minimum absolute atomic E-state index is 0.204. The van der Waals surface area contributed by atoms with E-state index in [4.69, 9.17) is 16.7 Å². The van der Waals surface area contributed by atoms with Gasteiger partial charge < -0.3 is 5.11 Å². The van der Waals surface area contributed by atoms with Crippen LogP contribution in [0.4, 0.5) is 0 Å². The lowest BCUT2D eigenvalue weighted by Crippen LogP contribution is -2.25. The van der Waals surface area contributed by atoms with Crippen molar-refractivity contribution in [2.24, 2.45) is 11.8 Å². The van der Waals surface area contributed by atoms with E-state index in [1.54, 1.807) is 18.4 Å². The molecule has 0 aliphatic rings. The van der Waals surface area contributed by atoms with Crippen LogP contribution in [-0.2, 0) is 4.79 Å². The summed E-state index contributed by atoms with van der Waals surface area (Å²) in [4.78, 5) is 23.0. The van der Waals surface area contributed by atoms with E-state index in [9.17, 15) is 9.59 Å². The van der Waals surface area contributed by atoms with Crippen molar-refractivity contribution in [3.63, 3.8) is 0 Å². The summed E-state index contributed by atoms with van der Waals surface area (Å²) < 4.78 is 0. The Bertz CT molecular complexity index is 386. The van der Waals surface area contributed by atoms with E-state index in [-0.39, 0.29) is 5.78 Å². The summed E-state index contributed by atoms with van der Waals surface area (Å²) in [5.74, 6) is -2.43. The number of carbonyl (C=O) groups excluding carboxylic acids is 1. The Morgan fingerprint density at radius 3 is 2.40 bits per heavy atom. The van der Waals surface area contributed by atoms with Crippen LogP contribution >= 0.6 is 22.9 Å². The van der Waals surface area contributed by atoms with Crippen LogP contribution in [0, 0.1) is 11.8 Å². The Morgan fingerprint density at radius 2 is 2.00 bits per heavy atom. The van der Waals surface area contributed by atoms with Gasteiger partial charge in [0, 0.05) is 5.92 Å². The first-order valence-corrected chi connectivity index (χ1v) is 5.71. The second-order valence-corrected chi connectivity index (χ2v) is 4.70. The SMILES string of the molecule is CC(C(=O)O)C(C)C(=O)c1sccc1Cl. The number of hydrogen-bond acceptors (Lipinski definition) is 3. The molecule has 1 rings (SSSR count). The molecular formula is C10H11ClO3S. The largest absolute Gasteiger partial charge is 0.481 e. The van der Waals surface area contributed by atoms with Crippen LogP contribution in [-0.4, -0.2) is 16.9 Å². The molecule has 0 radical (unpaired) electrons. The van der Waals surface area contributed by atoms with E-state index >= 15 is 0 Å². The van der Waals surface area contributed by atoms with Crippen LogP contribution in [0.3, 0.4) is 0 Å². The Labute approximate surface area is 96.7 Å². The highest BCUT2D eigenvalue weighted by Gasteiger charge is 2.28. The topological polar surface area (TPSA) is 54.4 Å². The van der Waals surface area contributed by atoms with Gasteiger partial charge in [0.25, 0.3) is 0 Å². The number of carboxylic acids is 1. The fraction of sp³-hybridized carbons (Fsp3) is 0.400. The van der Waals surface area contributed by atoms with Crippen LogP contribution in [0.5, 0.6) is 0 Å². The predicted molar refractivity (Wildman–Crippen MR) is 59.6 cm³/mol. The molecule has 1 N–H and O–H groups in total. The van der Waals surface area contributed by atoms with Gasteiger partial charge in [-0.25, -0.2) is 0 Å². The number of carbonyl (C=O) groups is 2. The predicted octanol–water partition coefficient (Wildman–Crippen LogP) is 2.94. The number of halogens is 1. The lowest BCUT2D eigenvalue weighted by molar-refractivity contribution is -0.142. The molecule has 0 spiro atoms. The van der Waals surface area contributed by atoms with E-state index in [1.165, 1.54) is 18.3 Å². The van der Waals surface area contributed by atoms with Gasteiger partial charge in [-0.2, -0.15) is 0 Å². The Morgan fingerprint density at radius 1 is 1.40 bits per heavy atom. The van der Waals surface area contributed by atoms with Gasteiger partial charge in [0.2, 0.25) is 0 Å². The quantitative estimate of drug-likeness (QED) is 0.831. The third-order valence-electron chi connectivity index (χ3n) is 2.39. The zero-order chi connectivity index (χ0) is 11.6. The molecule has 0 bridgehead atoms. The first kappa shape index (κ1) is 12.2. The fourth-order valence-electron chi connectivity index (χ4n) is 1.12. The van der Waals surface area contributed by atoms with E-state index < -0.39 is 17.8 Å². The van der Waals surface area contributed by atoms with Crippen LogP contribution in [0.25, 0.3) is 0 Å². The lowest BCUT2D eigenvalue weighted by Gasteiger charge is -2.13. The number of aliphatic carboxylic acids is 1. The highest BCUT2D eigenvalue weighted by atomic mass is 35.5. The molecule has 0 fully saturated rings. The molecule has 1 aromatic rings. The highest BCUT2D eigenvalue weighted by Crippen LogP contribution is 2.27. The fourth-order valence-corrected chi connectivity index (χ4v) is 2.30. The van der Waals surface area contributed by atoms with Crippen molar-refractivity contribution < 1.29 is 14.7 Å². The third-order valence-corrected chi connectivity index (χ3v) is 3.75. The average molecular weight is 247 g/mol. The number of rotatable bonds is 4. The molecule has 3 nitrogen and oxygen atoms in total. The molecule has 0 aliphatic carbocycles. The zero-order valence-corrected chi connectivity index (χ0v) is 9.93. The molecule has 0 amide bonds. The molecule has 1 heterocycles. The van der Waals surface area contributed by atoms with Gasteiger partial charge in [-0.3, -0.25) is 9.59 Å². The van der Waals surface area contributed by atoms with Gasteiger partial charge >= 0.3 is 5.97 Å². The van der Waals surface area contributed by atoms with Crippen molar-refractivity contribution in [3.05, 3.63) is 21.3 Å². The third kappa shape index (κ3) is 2.58. The van der Waals surface area contributed by atoms with Crippen LogP contribution in [0.2, 0.25) is 5.02 Å². The van der Waals surface area contributed by atoms with Gasteiger partial charge in [-0.15, -0.1) is 11.3 Å². The number of hydrogen-bond donors (Lipinski definition) is 1. The number of thiophene rings is 1. The van der Waals surface area contributed by atoms with Crippen LogP contribution < -0.4 is 0 Å². The summed E-state index contributed by atoms with van der Waals surface area (Å²) in [6.07, 6.45) is 0. The van der Waals surface area contributed by atoms with Gasteiger partial charge in [-0.05, 0) is 11.4 Å². The number of ketones is 1. The lowest BCUT2D eigenvalue weighted by atomic mass is 9.91. The molecule has 0 saturated heterocycles. The first-order valence-electron chi connectivity index (χ1n) is 4.45. The van der Waals surface area contributed by atoms with Crippen molar-refractivity contribution in [3.8, 4) is 0 Å². The van der Waals surface area contributed by atoms with Crippen molar-refractivity contribution in [1.29, 1.82) is 0 Å². The van der Waals surface area contributed by atoms with Crippen molar-refractivity contribution in [2.75, 3.05) is 0 Å². The molecule has 1 aromatic heterocycles. The monoisotopic (exact) mass is 246 g/mol. The summed E-state index contributed by atoms with van der Waals surface area (Å²) in [5, 5.41) is 10.9. The Hall–Kier alpha value is -0.870. The van der Waals surface area contributed by atoms with Gasteiger partial charge in [0.05, 0.1) is 15.8 Å². The average Bonchev–Trinajstić information content (AvgIpc) is 2.60. The molecule has 0 aliphatic heterocycles. The Balaban J connectivity index is 2.86. The van der Waals surface area contributed by atoms with Crippen LogP contribution in [0.15, 0.2) is 11.4 Å². The Kier molecular flexibility index (Phi) is 3.88. The molecule has 15 heavy (non-hydrogen) atoms. The highest BCUT2D eigenvalue weighted by molar-refractivity contribution is 7.12. The van der Waals surface area contributed by atoms with Gasteiger partial charge in [-0.1, -0.05) is 25.4 Å². The number of carboxylic acid groups (broad SMARTS) is 1. The van der Waals surface area contributed by atoms with Gasteiger partial charge in [0.1, 0.15) is 0 Å². The minimum atomic E-state index is -0.969. The maximum Gasteiger partial charge on any atom is 0.306 e. The van der Waals surface area contributed by atoms with E-state index in [0.29, 0.717) is 9.90 Å². The normalized spacial score (nSPS) is 14.6. The minimum Gasteiger partial charge on any atom is -0.481 e. The van der Waals surface area contributed by atoms with Crippen molar-refractivity contribution >= 4 is 34.7 Å². The van der Waals surface area contributed by atoms with E-state index in [1.807, 2.05) is 0 Å². The smallest absolute Gasteiger partial charge is 0.306 e. The molecule has 0 saturated carbocycles. The van der Waals surface area contributed by atoms with Crippen molar-refractivity contribution in [1.82, 2.24) is 0 Å². The summed E-state index contributed by atoms with van der Waals surface area (Å²) >= 11 is 7.05. The van der Waals surface area contributed by atoms with E-state index in [2.05, 4.69) is 0 Å². The summed E-state index contributed by atoms with van der Waals surface area (Å²) in [6.45, 7) is 3.13. The summed E-state index contributed by atoms with van der Waals surface area (Å²) in [5.41, 5.74) is 0. The molecule has 5 heteroatoms. The summed E-state index contributed by atoms with van der Waals surface area (Å²) in [6, 6.07) is 1.64. The van der Waals surface area contributed by atoms with Crippen LogP contribution in [0.1, 0.15) is 23.5 Å². The zero-order valence-electron chi connectivity index (χ0n) is 8.36. The maximum absolute atomic E-state index is 11.8.